The number of nitrogens with zero attached hydrogens (tertiary/aromatic N) is 4. The Balaban J connectivity index is 1.83. The van der Waals surface area contributed by atoms with Crippen molar-refractivity contribution in [3.05, 3.63) is 24.0 Å². The first-order valence-electron chi connectivity index (χ1n) is 7.88. The van der Waals surface area contributed by atoms with Crippen LogP contribution >= 0.6 is 11.8 Å². The highest BCUT2D eigenvalue weighted by atomic mass is 32.2. The molecule has 0 atom stereocenters. The number of amides is 2. The lowest BCUT2D eigenvalue weighted by molar-refractivity contribution is 0.259. The molecule has 1 fully saturated rings. The summed E-state index contributed by atoms with van der Waals surface area (Å²) in [5, 5.41) is 12.5. The zero-order chi connectivity index (χ0) is 17.8. The number of nitrogens with two attached hydrogens (primary N) is 1. The number of aromatic amines is 1. The van der Waals surface area contributed by atoms with Crippen LogP contribution in [-0.4, -0.2) is 64.2 Å². The number of nitrogens with one attached hydrogen (secondary N) is 2. The van der Waals surface area contributed by atoms with E-state index in [2.05, 4.69) is 37.1 Å². The van der Waals surface area contributed by atoms with Gasteiger partial charge in [0.15, 0.2) is 5.82 Å². The highest BCUT2D eigenvalue weighted by Gasteiger charge is 2.19. The van der Waals surface area contributed by atoms with Crippen LogP contribution in [0.5, 0.6) is 0 Å². The standard InChI is InChI=1S/C15H21N7O2S/c1-21-4-6-22(7-5-21)15-17-8-11(13(20-15)19-14(16)24)25-12-3-2-10(9-23)18-12/h2-3,8,18,23H,4-7,9H2,1H3,(H3,16,17,19,20,24). The average Bonchev–Trinajstić information content (AvgIpc) is 3.04. The number of aliphatic hydroxyl groups excluding tert-OH is 1. The third-order valence-corrected chi connectivity index (χ3v) is 4.86. The van der Waals surface area contributed by atoms with Crippen molar-refractivity contribution in [1.82, 2.24) is 19.9 Å². The summed E-state index contributed by atoms with van der Waals surface area (Å²) in [5.74, 6) is 0.949. The van der Waals surface area contributed by atoms with Gasteiger partial charge in [-0.25, -0.2) is 9.78 Å². The molecule has 9 nitrogen and oxygen atoms in total. The molecule has 1 aliphatic heterocycles. The molecule has 0 bridgehead atoms. The maximum absolute atomic E-state index is 11.3. The van der Waals surface area contributed by atoms with Crippen LogP contribution in [0.2, 0.25) is 0 Å². The molecule has 0 saturated carbocycles. The Morgan fingerprint density at radius 3 is 2.80 bits per heavy atom. The molecule has 0 aromatic carbocycles. The van der Waals surface area contributed by atoms with Gasteiger partial charge in [-0.1, -0.05) is 11.8 Å². The predicted molar refractivity (Wildman–Crippen MR) is 95.8 cm³/mol. The first-order valence-corrected chi connectivity index (χ1v) is 8.70. The van der Waals surface area contributed by atoms with Gasteiger partial charge in [-0.05, 0) is 19.2 Å². The van der Waals surface area contributed by atoms with Crippen molar-refractivity contribution in [2.75, 3.05) is 43.4 Å². The van der Waals surface area contributed by atoms with Crippen LogP contribution in [0.25, 0.3) is 0 Å². The van der Waals surface area contributed by atoms with E-state index in [-0.39, 0.29) is 6.61 Å². The predicted octanol–water partition coefficient (Wildman–Crippen LogP) is 0.691. The molecule has 2 aromatic heterocycles. The fraction of sp³-hybridized carbons (Fsp3) is 0.400. The SMILES string of the molecule is CN1CCN(c2ncc(Sc3ccc(CO)[nH]3)c(NC(N)=O)n2)CC1. The molecule has 0 unspecified atom stereocenters. The molecular weight excluding hydrogens is 342 g/mol. The summed E-state index contributed by atoms with van der Waals surface area (Å²) in [6, 6.07) is 2.97. The van der Waals surface area contributed by atoms with Crippen molar-refractivity contribution in [3.63, 3.8) is 0 Å². The lowest BCUT2D eigenvalue weighted by Gasteiger charge is -2.32. The molecule has 2 amide bonds. The second-order valence-corrected chi connectivity index (χ2v) is 6.85. The van der Waals surface area contributed by atoms with Gasteiger partial charge in [0.2, 0.25) is 5.95 Å². The van der Waals surface area contributed by atoms with Crippen LogP contribution in [0.3, 0.4) is 0 Å². The van der Waals surface area contributed by atoms with Crippen LogP contribution in [-0.2, 0) is 6.61 Å². The number of carbonyl (C=O) groups is 1. The van der Waals surface area contributed by atoms with Crippen LogP contribution in [0.15, 0.2) is 28.3 Å². The van der Waals surface area contributed by atoms with Crippen molar-refractivity contribution in [2.24, 2.45) is 5.73 Å². The Morgan fingerprint density at radius 2 is 2.16 bits per heavy atom. The molecule has 134 valence electrons. The fourth-order valence-electron chi connectivity index (χ4n) is 2.49. The number of hydrogen-bond donors (Lipinski definition) is 4. The molecule has 5 N–H and O–H groups in total. The van der Waals surface area contributed by atoms with Crippen molar-refractivity contribution >= 4 is 29.6 Å². The molecule has 3 heterocycles. The molecule has 25 heavy (non-hydrogen) atoms. The summed E-state index contributed by atoms with van der Waals surface area (Å²) in [5.41, 5.74) is 5.99. The van der Waals surface area contributed by atoms with E-state index >= 15 is 0 Å². The summed E-state index contributed by atoms with van der Waals surface area (Å²) in [4.78, 5) is 28.3. The second kappa shape index (κ2) is 7.72. The van der Waals surface area contributed by atoms with Crippen LogP contribution < -0.4 is 16.0 Å². The fourth-order valence-corrected chi connectivity index (χ4v) is 3.34. The minimum absolute atomic E-state index is 0.0637. The van der Waals surface area contributed by atoms with E-state index < -0.39 is 6.03 Å². The van der Waals surface area contributed by atoms with Gasteiger partial charge in [0.1, 0.15) is 0 Å². The largest absolute Gasteiger partial charge is 0.390 e. The van der Waals surface area contributed by atoms with E-state index in [0.717, 1.165) is 31.2 Å². The molecule has 0 spiro atoms. The Bertz CT molecular complexity index is 743. The number of aliphatic hydroxyl groups is 1. The van der Waals surface area contributed by atoms with Crippen LogP contribution in [0.1, 0.15) is 5.69 Å². The molecular formula is C15H21N7O2S. The Labute approximate surface area is 149 Å². The number of anilines is 2. The summed E-state index contributed by atoms with van der Waals surface area (Å²) in [7, 11) is 2.08. The van der Waals surface area contributed by atoms with E-state index in [1.807, 2.05) is 6.07 Å². The first-order chi connectivity index (χ1) is 12.0. The topological polar surface area (TPSA) is 123 Å². The number of aromatic nitrogens is 3. The van der Waals surface area contributed by atoms with Crippen LogP contribution in [0.4, 0.5) is 16.6 Å². The number of piperazine rings is 1. The molecule has 0 aliphatic carbocycles. The van der Waals surface area contributed by atoms with Gasteiger partial charge in [-0.2, -0.15) is 4.98 Å². The summed E-state index contributed by atoms with van der Waals surface area (Å²) < 4.78 is 0. The normalized spacial score (nSPS) is 15.4. The molecule has 1 aliphatic rings. The quantitative estimate of drug-likeness (QED) is 0.616. The number of likely N-dealkylation sites (N-methyl/N-ethyl adjacent to an activating group) is 1. The molecule has 3 rings (SSSR count). The molecule has 1 saturated heterocycles. The van der Waals surface area contributed by atoms with E-state index in [9.17, 15) is 4.79 Å². The van der Waals surface area contributed by atoms with Gasteiger partial charge in [0, 0.05) is 38.1 Å². The van der Waals surface area contributed by atoms with Gasteiger partial charge in [-0.3, -0.25) is 5.32 Å². The number of hydrogen-bond acceptors (Lipinski definition) is 7. The van der Waals surface area contributed by atoms with Crippen LogP contribution in [0, 0.1) is 0 Å². The Hall–Kier alpha value is -2.30. The van der Waals surface area contributed by atoms with Gasteiger partial charge >= 0.3 is 6.03 Å². The monoisotopic (exact) mass is 363 g/mol. The van der Waals surface area contributed by atoms with Crippen molar-refractivity contribution in [3.8, 4) is 0 Å². The lowest BCUT2D eigenvalue weighted by Crippen LogP contribution is -2.45. The third-order valence-electron chi connectivity index (χ3n) is 3.88. The van der Waals surface area contributed by atoms with E-state index in [0.29, 0.717) is 22.4 Å². The minimum Gasteiger partial charge on any atom is -0.390 e. The highest BCUT2D eigenvalue weighted by molar-refractivity contribution is 7.99. The second-order valence-electron chi connectivity index (χ2n) is 5.77. The highest BCUT2D eigenvalue weighted by Crippen LogP contribution is 2.32. The third kappa shape index (κ3) is 4.41. The van der Waals surface area contributed by atoms with Crippen molar-refractivity contribution < 1.29 is 9.90 Å². The van der Waals surface area contributed by atoms with Gasteiger partial charge in [0.05, 0.1) is 16.5 Å². The molecule has 0 radical (unpaired) electrons. The Morgan fingerprint density at radius 1 is 1.40 bits per heavy atom. The van der Waals surface area contributed by atoms with Gasteiger partial charge in [0.25, 0.3) is 0 Å². The molecule has 10 heteroatoms. The number of carbonyl (C=O) groups excluding carboxylic acids is 1. The number of primary amides is 1. The summed E-state index contributed by atoms with van der Waals surface area (Å²) >= 11 is 1.36. The smallest absolute Gasteiger partial charge is 0.317 e. The summed E-state index contributed by atoms with van der Waals surface area (Å²) in [6.45, 7) is 3.46. The van der Waals surface area contributed by atoms with Crippen molar-refractivity contribution in [1.29, 1.82) is 0 Å². The van der Waals surface area contributed by atoms with Gasteiger partial charge in [-0.15, -0.1) is 0 Å². The zero-order valence-corrected chi connectivity index (χ0v) is 14.7. The Kier molecular flexibility index (Phi) is 5.41. The zero-order valence-electron chi connectivity index (χ0n) is 13.9. The average molecular weight is 363 g/mol. The van der Waals surface area contributed by atoms with Gasteiger partial charge < -0.3 is 25.6 Å². The maximum atomic E-state index is 11.3. The molecule has 2 aromatic rings. The van der Waals surface area contributed by atoms with E-state index in [1.54, 1.807) is 12.3 Å². The van der Waals surface area contributed by atoms with Crippen molar-refractivity contribution in [2.45, 2.75) is 16.5 Å². The summed E-state index contributed by atoms with van der Waals surface area (Å²) in [6.07, 6.45) is 1.68. The first kappa shape index (κ1) is 17.5. The maximum Gasteiger partial charge on any atom is 0.317 e. The number of H-pyrrole nitrogens is 1. The lowest BCUT2D eigenvalue weighted by atomic mass is 10.3. The minimum atomic E-state index is -0.674. The number of urea groups is 1. The van der Waals surface area contributed by atoms with E-state index in [4.69, 9.17) is 10.8 Å². The van der Waals surface area contributed by atoms with E-state index in [1.165, 1.54) is 11.8 Å². The number of rotatable bonds is 5.